The second kappa shape index (κ2) is 8.26. The zero-order valence-corrected chi connectivity index (χ0v) is 14.5. The average molecular weight is 330 g/mol. The Morgan fingerprint density at radius 3 is 2.92 bits per heavy atom. The lowest BCUT2D eigenvalue weighted by molar-refractivity contribution is 0.210. The second-order valence-corrected chi connectivity index (χ2v) is 6.40. The maximum Gasteiger partial charge on any atom is 0.223 e. The lowest BCUT2D eigenvalue weighted by Gasteiger charge is -2.23. The monoisotopic (exact) mass is 330 g/mol. The molecule has 2 aromatic rings. The fourth-order valence-corrected chi connectivity index (χ4v) is 3.13. The molecule has 0 spiro atoms. The fourth-order valence-electron chi connectivity index (χ4n) is 3.13. The van der Waals surface area contributed by atoms with E-state index in [9.17, 15) is 0 Å². The van der Waals surface area contributed by atoms with E-state index in [0.717, 1.165) is 50.8 Å². The Balaban J connectivity index is 1.34. The van der Waals surface area contributed by atoms with Crippen molar-refractivity contribution in [3.63, 3.8) is 0 Å². The van der Waals surface area contributed by atoms with Crippen LogP contribution in [0.2, 0.25) is 0 Å². The zero-order chi connectivity index (χ0) is 16.8. The quantitative estimate of drug-likeness (QED) is 0.693. The molecule has 1 atom stereocenters. The van der Waals surface area contributed by atoms with Gasteiger partial charge in [0.2, 0.25) is 5.89 Å². The number of para-hydroxylation sites is 1. The molecule has 1 aliphatic heterocycles. The van der Waals surface area contributed by atoms with Gasteiger partial charge in [0.05, 0.1) is 13.2 Å². The number of likely N-dealkylation sites (N-methyl/N-ethyl adjacent to an activating group) is 1. The molecular weight excluding hydrogens is 304 g/mol. The summed E-state index contributed by atoms with van der Waals surface area (Å²) < 4.78 is 10.8. The van der Waals surface area contributed by atoms with Crippen LogP contribution in [0.1, 0.15) is 24.6 Å². The van der Waals surface area contributed by atoms with Crippen LogP contribution in [0, 0.1) is 6.92 Å². The summed E-state index contributed by atoms with van der Waals surface area (Å²) in [5.41, 5.74) is 0. The summed E-state index contributed by atoms with van der Waals surface area (Å²) in [5.74, 6) is 2.35. The predicted octanol–water partition coefficient (Wildman–Crippen LogP) is 2.35. The molecule has 1 aromatic heterocycles. The third-order valence-electron chi connectivity index (χ3n) is 4.46. The van der Waals surface area contributed by atoms with E-state index in [-0.39, 0.29) is 0 Å². The van der Waals surface area contributed by atoms with Crippen LogP contribution in [0.15, 0.2) is 34.9 Å². The first-order chi connectivity index (χ1) is 11.7. The van der Waals surface area contributed by atoms with Gasteiger partial charge in [-0.25, -0.2) is 0 Å². The largest absolute Gasteiger partial charge is 0.494 e. The third kappa shape index (κ3) is 4.79. The van der Waals surface area contributed by atoms with Gasteiger partial charge in [0, 0.05) is 26.1 Å². The molecule has 0 amide bonds. The highest BCUT2D eigenvalue weighted by Gasteiger charge is 2.26. The first-order valence-electron chi connectivity index (χ1n) is 8.60. The molecule has 1 saturated heterocycles. The van der Waals surface area contributed by atoms with Gasteiger partial charge in [-0.2, -0.15) is 4.98 Å². The van der Waals surface area contributed by atoms with Crippen molar-refractivity contribution in [1.29, 1.82) is 0 Å². The minimum absolute atomic E-state index is 0.554. The molecule has 3 rings (SSSR count). The van der Waals surface area contributed by atoms with Gasteiger partial charge in [-0.15, -0.1) is 0 Å². The number of hydrogen-bond donors (Lipinski definition) is 0. The van der Waals surface area contributed by atoms with Crippen molar-refractivity contribution in [1.82, 2.24) is 19.9 Å². The van der Waals surface area contributed by atoms with Crippen LogP contribution >= 0.6 is 0 Å². The summed E-state index contributed by atoms with van der Waals surface area (Å²) in [5, 5.41) is 3.98. The molecule has 1 aromatic carbocycles. The van der Waals surface area contributed by atoms with Crippen molar-refractivity contribution in [2.24, 2.45) is 0 Å². The second-order valence-electron chi connectivity index (χ2n) is 6.40. The molecule has 1 unspecified atom stereocenters. The number of aromatic nitrogens is 2. The lowest BCUT2D eigenvalue weighted by Crippen LogP contribution is -2.34. The Kier molecular flexibility index (Phi) is 5.82. The number of ether oxygens (including phenoxy) is 1. The van der Waals surface area contributed by atoms with Gasteiger partial charge in [0.25, 0.3) is 0 Å². The summed E-state index contributed by atoms with van der Waals surface area (Å²) in [4.78, 5) is 9.12. The van der Waals surface area contributed by atoms with E-state index in [4.69, 9.17) is 9.26 Å². The van der Waals surface area contributed by atoms with E-state index < -0.39 is 0 Å². The smallest absolute Gasteiger partial charge is 0.223 e. The Hall–Kier alpha value is -1.92. The molecule has 0 bridgehead atoms. The summed E-state index contributed by atoms with van der Waals surface area (Å²) in [7, 11) is 2.14. The van der Waals surface area contributed by atoms with Crippen molar-refractivity contribution >= 4 is 0 Å². The minimum atomic E-state index is 0.554. The maximum absolute atomic E-state index is 5.76. The Morgan fingerprint density at radius 1 is 1.33 bits per heavy atom. The van der Waals surface area contributed by atoms with Crippen molar-refractivity contribution < 1.29 is 9.26 Å². The molecule has 0 N–H and O–H groups in total. The topological polar surface area (TPSA) is 54.6 Å². The van der Waals surface area contributed by atoms with Crippen molar-refractivity contribution in [2.45, 2.75) is 32.4 Å². The lowest BCUT2D eigenvalue weighted by atomic mass is 10.2. The van der Waals surface area contributed by atoms with Crippen LogP contribution in [0.5, 0.6) is 5.75 Å². The normalized spacial score (nSPS) is 18.4. The number of likely N-dealkylation sites (tertiary alicyclic amines) is 1. The Labute approximate surface area is 143 Å². The zero-order valence-electron chi connectivity index (χ0n) is 14.5. The molecule has 1 aliphatic rings. The fraction of sp³-hybridized carbons (Fsp3) is 0.556. The van der Waals surface area contributed by atoms with Gasteiger partial charge in [0.15, 0.2) is 5.82 Å². The van der Waals surface area contributed by atoms with E-state index >= 15 is 0 Å². The predicted molar refractivity (Wildman–Crippen MR) is 91.9 cm³/mol. The highest BCUT2D eigenvalue weighted by Crippen LogP contribution is 2.16. The van der Waals surface area contributed by atoms with Crippen LogP contribution in [0.4, 0.5) is 0 Å². The van der Waals surface area contributed by atoms with Crippen LogP contribution in [0.25, 0.3) is 0 Å². The van der Waals surface area contributed by atoms with Gasteiger partial charge in [-0.05, 0) is 38.6 Å². The molecular formula is C18H26N4O2. The summed E-state index contributed by atoms with van der Waals surface area (Å²) in [6, 6.07) is 10.6. The number of aryl methyl sites for hydroxylation is 1. The minimum Gasteiger partial charge on any atom is -0.494 e. The molecule has 0 aliphatic carbocycles. The molecule has 130 valence electrons. The number of benzene rings is 1. The number of rotatable bonds is 8. The molecule has 24 heavy (non-hydrogen) atoms. The molecule has 6 heteroatoms. The molecule has 0 saturated carbocycles. The van der Waals surface area contributed by atoms with E-state index in [2.05, 4.69) is 27.0 Å². The van der Waals surface area contributed by atoms with Gasteiger partial charge in [-0.3, -0.25) is 4.90 Å². The highest BCUT2D eigenvalue weighted by molar-refractivity contribution is 5.20. The third-order valence-corrected chi connectivity index (χ3v) is 4.46. The van der Waals surface area contributed by atoms with E-state index in [1.807, 2.05) is 37.3 Å². The van der Waals surface area contributed by atoms with Crippen LogP contribution in [-0.4, -0.2) is 59.3 Å². The Morgan fingerprint density at radius 2 is 2.17 bits per heavy atom. The number of hydrogen-bond acceptors (Lipinski definition) is 6. The van der Waals surface area contributed by atoms with Crippen molar-refractivity contribution in [3.05, 3.63) is 42.0 Å². The van der Waals surface area contributed by atoms with Crippen LogP contribution < -0.4 is 4.74 Å². The highest BCUT2D eigenvalue weighted by atomic mass is 16.5. The first kappa shape index (κ1) is 16.9. The maximum atomic E-state index is 5.76. The molecule has 1 fully saturated rings. The van der Waals surface area contributed by atoms with E-state index in [1.165, 1.54) is 6.42 Å². The van der Waals surface area contributed by atoms with Gasteiger partial charge in [-0.1, -0.05) is 23.4 Å². The van der Waals surface area contributed by atoms with Crippen LogP contribution in [-0.2, 0) is 6.54 Å². The van der Waals surface area contributed by atoms with Gasteiger partial charge < -0.3 is 14.2 Å². The number of nitrogens with zero attached hydrogens (tertiary/aromatic N) is 4. The molecule has 2 heterocycles. The molecule has 6 nitrogen and oxygen atoms in total. The average Bonchev–Trinajstić information content (AvgIpc) is 3.22. The van der Waals surface area contributed by atoms with Crippen molar-refractivity contribution in [2.75, 3.05) is 33.3 Å². The summed E-state index contributed by atoms with van der Waals surface area (Å²) in [6.45, 7) is 6.66. The van der Waals surface area contributed by atoms with Gasteiger partial charge in [0.1, 0.15) is 5.75 Å². The van der Waals surface area contributed by atoms with Crippen LogP contribution in [0.3, 0.4) is 0 Å². The Bertz CT molecular complexity index is 616. The van der Waals surface area contributed by atoms with Gasteiger partial charge >= 0.3 is 0 Å². The molecule has 0 radical (unpaired) electrons. The SMILES string of the molecule is Cc1nc(CN(C)C2CCN(CCCOc3ccccc3)C2)no1. The first-order valence-corrected chi connectivity index (χ1v) is 8.60. The van der Waals surface area contributed by atoms with E-state index in [0.29, 0.717) is 11.9 Å². The van der Waals surface area contributed by atoms with Crippen molar-refractivity contribution in [3.8, 4) is 5.75 Å². The summed E-state index contributed by atoms with van der Waals surface area (Å²) in [6.07, 6.45) is 2.24. The van der Waals surface area contributed by atoms with E-state index in [1.54, 1.807) is 0 Å². The summed E-state index contributed by atoms with van der Waals surface area (Å²) >= 11 is 0. The standard InChI is InChI=1S/C18H26N4O2/c1-15-19-18(20-24-15)14-21(2)16-9-11-22(13-16)10-6-12-23-17-7-4-3-5-8-17/h3-5,7-8,16H,6,9-14H2,1-2H3.